The summed E-state index contributed by atoms with van der Waals surface area (Å²) in [6.07, 6.45) is 3.91. The van der Waals surface area contributed by atoms with Gasteiger partial charge in [-0.3, -0.25) is 9.36 Å². The number of fused-ring (bicyclic) bond motifs is 2. The van der Waals surface area contributed by atoms with E-state index in [0.29, 0.717) is 51.7 Å². The fourth-order valence-corrected chi connectivity index (χ4v) is 7.05. The van der Waals surface area contributed by atoms with Crippen LogP contribution in [0.3, 0.4) is 0 Å². The molecule has 4 aromatic heterocycles. The molecule has 0 amide bonds. The first-order chi connectivity index (χ1) is 21.0. The molecule has 1 N–H and O–H groups in total. The van der Waals surface area contributed by atoms with Crippen LogP contribution in [0.25, 0.3) is 21.0 Å². The normalized spacial score (nSPS) is 15.8. The molecule has 44 heavy (non-hydrogen) atoms. The standard InChI is InChI=1S/C31H32N4O8S/c1-16-24-27(36)35(31(3,4)29(37)38)30(39)34(28(24)44-25(16)26-32-12-13-41-26)15-23(19-8-6-7-9-21(19)40-5)42-18-10-11-22-20(14-18)17(2)33-43-22/h6-9,12-13,18,23H,10-11,14-15H2,1-5H3,(H,37,38). The molecule has 0 saturated carbocycles. The van der Waals surface area contributed by atoms with Gasteiger partial charge in [0.1, 0.15) is 34.2 Å². The summed E-state index contributed by atoms with van der Waals surface area (Å²) in [4.78, 5) is 45.8. The second kappa shape index (κ2) is 11.2. The number of benzene rings is 1. The highest BCUT2D eigenvalue weighted by molar-refractivity contribution is 7.22. The third-order valence-corrected chi connectivity index (χ3v) is 9.61. The monoisotopic (exact) mass is 620 g/mol. The Kier molecular flexibility index (Phi) is 7.54. The molecule has 6 rings (SSSR count). The van der Waals surface area contributed by atoms with Crippen molar-refractivity contribution in [2.75, 3.05) is 7.11 Å². The van der Waals surface area contributed by atoms with E-state index < -0.39 is 28.9 Å². The van der Waals surface area contributed by atoms with Crippen LogP contribution in [0.5, 0.6) is 5.75 Å². The molecular weight excluding hydrogens is 588 g/mol. The Morgan fingerprint density at radius 3 is 2.73 bits per heavy atom. The van der Waals surface area contributed by atoms with Gasteiger partial charge in [0.15, 0.2) is 0 Å². The van der Waals surface area contributed by atoms with Gasteiger partial charge in [0.05, 0.1) is 41.9 Å². The number of oxazole rings is 1. The van der Waals surface area contributed by atoms with Crippen molar-refractivity contribution < 1.29 is 28.3 Å². The molecule has 0 aliphatic heterocycles. The van der Waals surface area contributed by atoms with Crippen molar-refractivity contribution in [3.8, 4) is 16.5 Å². The fraction of sp³-hybridized carbons (Fsp3) is 0.387. The number of carboxylic acids is 1. The molecule has 0 spiro atoms. The summed E-state index contributed by atoms with van der Waals surface area (Å²) in [5, 5.41) is 14.4. The molecule has 12 nitrogen and oxygen atoms in total. The molecule has 0 saturated heterocycles. The Hall–Kier alpha value is -4.49. The minimum absolute atomic E-state index is 0.0252. The molecule has 0 fully saturated rings. The lowest BCUT2D eigenvalue weighted by Gasteiger charge is -2.30. The highest BCUT2D eigenvalue weighted by atomic mass is 32.1. The molecule has 2 unspecified atom stereocenters. The van der Waals surface area contributed by atoms with Crippen molar-refractivity contribution in [3.63, 3.8) is 0 Å². The molecule has 1 aliphatic rings. The number of nitrogens with zero attached hydrogens (tertiary/aromatic N) is 4. The third-order valence-electron chi connectivity index (χ3n) is 8.30. The first-order valence-corrected chi connectivity index (χ1v) is 15.0. The number of carboxylic acid groups (broad SMARTS) is 1. The van der Waals surface area contributed by atoms with Gasteiger partial charge in [-0.05, 0) is 45.7 Å². The van der Waals surface area contributed by atoms with Crippen molar-refractivity contribution >= 4 is 27.5 Å². The van der Waals surface area contributed by atoms with Gasteiger partial charge in [0, 0.05) is 24.0 Å². The number of aliphatic carboxylic acids is 1. The summed E-state index contributed by atoms with van der Waals surface area (Å²) in [5.74, 6) is 0.403. The van der Waals surface area contributed by atoms with Crippen molar-refractivity contribution in [2.24, 2.45) is 0 Å². The molecule has 1 aromatic carbocycles. The maximum absolute atomic E-state index is 14.3. The number of ether oxygens (including phenoxy) is 2. The van der Waals surface area contributed by atoms with Crippen LogP contribution < -0.4 is 16.0 Å². The maximum Gasteiger partial charge on any atom is 0.333 e. The van der Waals surface area contributed by atoms with Crippen molar-refractivity contribution in [1.82, 2.24) is 19.3 Å². The van der Waals surface area contributed by atoms with Gasteiger partial charge in [-0.2, -0.15) is 0 Å². The average molecular weight is 621 g/mol. The number of aryl methyl sites for hydroxylation is 3. The van der Waals surface area contributed by atoms with Crippen molar-refractivity contribution in [3.05, 3.63) is 85.7 Å². The number of hydrogen-bond donors (Lipinski definition) is 1. The summed E-state index contributed by atoms with van der Waals surface area (Å²) in [6.45, 7) is 6.28. The first kappa shape index (κ1) is 29.6. The Morgan fingerprint density at radius 2 is 2.02 bits per heavy atom. The number of thiophene rings is 1. The molecule has 230 valence electrons. The third kappa shape index (κ3) is 4.85. The topological polar surface area (TPSA) is 152 Å². The van der Waals surface area contributed by atoms with Gasteiger partial charge in [-0.25, -0.2) is 19.1 Å². The van der Waals surface area contributed by atoms with E-state index in [2.05, 4.69) is 10.1 Å². The number of aromatic nitrogens is 4. The minimum atomic E-state index is -1.84. The van der Waals surface area contributed by atoms with Crippen LogP contribution in [-0.2, 0) is 34.5 Å². The summed E-state index contributed by atoms with van der Waals surface area (Å²) in [5.41, 5.74) is -0.222. The van der Waals surface area contributed by atoms with Gasteiger partial charge in [-0.1, -0.05) is 23.4 Å². The zero-order valence-corrected chi connectivity index (χ0v) is 25.8. The smallest absolute Gasteiger partial charge is 0.333 e. The minimum Gasteiger partial charge on any atom is -0.496 e. The SMILES string of the molecule is COc1ccccc1C(Cn1c(=O)n(C(C)(C)C(=O)O)c(=O)c2c(C)c(-c3ncco3)sc21)OC1CCc2onc(C)c2C1. The van der Waals surface area contributed by atoms with E-state index in [4.69, 9.17) is 18.4 Å². The molecule has 0 bridgehead atoms. The second-order valence-electron chi connectivity index (χ2n) is 11.4. The molecule has 0 radical (unpaired) electrons. The zero-order valence-electron chi connectivity index (χ0n) is 24.9. The second-order valence-corrected chi connectivity index (χ2v) is 12.4. The van der Waals surface area contributed by atoms with Crippen LogP contribution in [0.1, 0.15) is 54.5 Å². The number of hydrogen-bond acceptors (Lipinski definition) is 10. The quantitative estimate of drug-likeness (QED) is 0.247. The van der Waals surface area contributed by atoms with E-state index >= 15 is 0 Å². The number of methoxy groups -OCH3 is 1. The molecule has 5 aromatic rings. The van der Waals surface area contributed by atoms with E-state index in [9.17, 15) is 19.5 Å². The highest BCUT2D eigenvalue weighted by Crippen LogP contribution is 2.38. The lowest BCUT2D eigenvalue weighted by atomic mass is 9.94. The Bertz CT molecular complexity index is 1980. The van der Waals surface area contributed by atoms with Crippen LogP contribution in [0.15, 0.2) is 55.3 Å². The van der Waals surface area contributed by atoms with Crippen molar-refractivity contribution in [2.45, 2.75) is 71.2 Å². The summed E-state index contributed by atoms with van der Waals surface area (Å²) in [6, 6.07) is 7.40. The van der Waals surface area contributed by atoms with E-state index in [1.54, 1.807) is 14.0 Å². The zero-order chi connectivity index (χ0) is 31.3. The first-order valence-electron chi connectivity index (χ1n) is 14.2. The molecule has 1 aliphatic carbocycles. The fourth-order valence-electron chi connectivity index (χ4n) is 5.81. The Balaban J connectivity index is 1.55. The largest absolute Gasteiger partial charge is 0.496 e. The lowest BCUT2D eigenvalue weighted by molar-refractivity contribution is -0.146. The summed E-state index contributed by atoms with van der Waals surface area (Å²) >= 11 is 1.19. The highest BCUT2D eigenvalue weighted by Gasteiger charge is 2.37. The number of carbonyl (C=O) groups is 1. The molecule has 2 atom stereocenters. The van der Waals surface area contributed by atoms with Gasteiger partial charge >= 0.3 is 11.7 Å². The molecule has 13 heteroatoms. The van der Waals surface area contributed by atoms with Gasteiger partial charge in [0.2, 0.25) is 5.89 Å². The van der Waals surface area contributed by atoms with E-state index in [1.807, 2.05) is 31.2 Å². The molecular formula is C31H32N4O8S. The average Bonchev–Trinajstić information content (AvgIpc) is 3.74. The summed E-state index contributed by atoms with van der Waals surface area (Å²) < 4.78 is 25.7. The lowest BCUT2D eigenvalue weighted by Crippen LogP contribution is -2.52. The Labute approximate surface area is 255 Å². The van der Waals surface area contributed by atoms with Crippen LogP contribution in [0, 0.1) is 13.8 Å². The predicted molar refractivity (Wildman–Crippen MR) is 161 cm³/mol. The van der Waals surface area contributed by atoms with Crippen LogP contribution in [0.4, 0.5) is 0 Å². The summed E-state index contributed by atoms with van der Waals surface area (Å²) in [7, 11) is 1.56. The van der Waals surface area contributed by atoms with Crippen LogP contribution >= 0.6 is 11.3 Å². The molecule has 4 heterocycles. The predicted octanol–water partition coefficient (Wildman–Crippen LogP) is 4.63. The van der Waals surface area contributed by atoms with Crippen LogP contribution in [-0.4, -0.2) is 43.6 Å². The van der Waals surface area contributed by atoms with E-state index in [0.717, 1.165) is 21.6 Å². The maximum atomic E-state index is 14.3. The van der Waals surface area contributed by atoms with E-state index in [1.165, 1.54) is 42.2 Å². The van der Waals surface area contributed by atoms with Gasteiger partial charge in [-0.15, -0.1) is 11.3 Å². The van der Waals surface area contributed by atoms with Crippen LogP contribution in [0.2, 0.25) is 0 Å². The van der Waals surface area contributed by atoms with Gasteiger partial charge < -0.3 is 23.5 Å². The van der Waals surface area contributed by atoms with E-state index in [-0.39, 0.29) is 18.0 Å². The number of para-hydroxylation sites is 1. The Morgan fingerprint density at radius 1 is 1.25 bits per heavy atom. The number of rotatable bonds is 9. The van der Waals surface area contributed by atoms with Gasteiger partial charge in [0.25, 0.3) is 5.56 Å². The van der Waals surface area contributed by atoms with Crippen molar-refractivity contribution in [1.29, 1.82) is 0 Å².